The van der Waals surface area contributed by atoms with Gasteiger partial charge >= 0.3 is 0 Å². The summed E-state index contributed by atoms with van der Waals surface area (Å²) in [6, 6.07) is 13.9. The van der Waals surface area contributed by atoms with Crippen molar-refractivity contribution in [2.75, 3.05) is 18.4 Å². The van der Waals surface area contributed by atoms with Gasteiger partial charge in [-0.3, -0.25) is 9.78 Å². The molecule has 1 aliphatic rings. The first-order chi connectivity index (χ1) is 13.9. The van der Waals surface area contributed by atoms with Gasteiger partial charge in [0.05, 0.1) is 22.0 Å². The number of sulfonamides is 1. The maximum absolute atomic E-state index is 13.1. The van der Waals surface area contributed by atoms with E-state index in [2.05, 4.69) is 10.3 Å². The first-order valence-electron chi connectivity index (χ1n) is 9.35. The van der Waals surface area contributed by atoms with Crippen molar-refractivity contribution in [3.05, 3.63) is 66.6 Å². The lowest BCUT2D eigenvalue weighted by molar-refractivity contribution is -0.120. The van der Waals surface area contributed by atoms with Crippen molar-refractivity contribution >= 4 is 32.5 Å². The highest BCUT2D eigenvalue weighted by Gasteiger charge is 2.33. The van der Waals surface area contributed by atoms with Crippen molar-refractivity contribution in [3.8, 4) is 0 Å². The van der Waals surface area contributed by atoms with E-state index in [1.807, 2.05) is 18.2 Å². The monoisotopic (exact) mass is 413 g/mol. The van der Waals surface area contributed by atoms with E-state index in [1.165, 1.54) is 16.4 Å². The van der Waals surface area contributed by atoms with Gasteiger partial charge in [-0.2, -0.15) is 4.31 Å². The van der Waals surface area contributed by atoms with Gasteiger partial charge in [0, 0.05) is 24.7 Å². The molecule has 150 valence electrons. The van der Waals surface area contributed by atoms with Gasteiger partial charge in [0.2, 0.25) is 15.9 Å². The van der Waals surface area contributed by atoms with Gasteiger partial charge in [-0.15, -0.1) is 0 Å². The lowest BCUT2D eigenvalue weighted by atomic mass is 9.98. The van der Waals surface area contributed by atoms with E-state index in [-0.39, 0.29) is 17.3 Å². The maximum Gasteiger partial charge on any atom is 0.243 e. The smallest absolute Gasteiger partial charge is 0.243 e. The summed E-state index contributed by atoms with van der Waals surface area (Å²) in [7, 11) is -3.78. The minimum absolute atomic E-state index is 0.0279. The van der Waals surface area contributed by atoms with E-state index in [1.54, 1.807) is 18.3 Å². The molecule has 1 fully saturated rings. The second-order valence-corrected chi connectivity index (χ2v) is 8.96. The zero-order chi connectivity index (χ0) is 20.4. The molecule has 1 saturated heterocycles. The fourth-order valence-electron chi connectivity index (χ4n) is 3.58. The molecule has 0 bridgehead atoms. The second kappa shape index (κ2) is 7.88. The summed E-state index contributed by atoms with van der Waals surface area (Å²) in [4.78, 5) is 17.2. The first kappa shape index (κ1) is 19.5. The number of piperidine rings is 1. The lowest BCUT2D eigenvalue weighted by Crippen LogP contribution is -2.43. The average molecular weight is 413 g/mol. The normalized spacial score (nSPS) is 17.9. The molecule has 0 aliphatic carbocycles. The maximum atomic E-state index is 13.1. The van der Waals surface area contributed by atoms with Crippen molar-refractivity contribution in [2.24, 2.45) is 5.92 Å². The predicted molar refractivity (Wildman–Crippen MR) is 108 cm³/mol. The van der Waals surface area contributed by atoms with Crippen LogP contribution in [0.3, 0.4) is 0 Å². The van der Waals surface area contributed by atoms with Crippen LogP contribution in [0.15, 0.2) is 65.7 Å². The third kappa shape index (κ3) is 3.99. The Bertz CT molecular complexity index is 1140. The molecular weight excluding hydrogens is 393 g/mol. The van der Waals surface area contributed by atoms with Gasteiger partial charge in [-0.25, -0.2) is 12.8 Å². The molecule has 1 amide bonds. The van der Waals surface area contributed by atoms with Crippen LogP contribution >= 0.6 is 0 Å². The van der Waals surface area contributed by atoms with E-state index < -0.39 is 21.8 Å². The SMILES string of the molecule is O=C(Nc1cccc2ncccc12)[C@H]1CCCN(S(=O)(=O)c2ccc(F)cc2)C1. The molecule has 1 atom stereocenters. The molecule has 1 aromatic heterocycles. The van der Waals surface area contributed by atoms with E-state index in [0.717, 1.165) is 23.0 Å². The van der Waals surface area contributed by atoms with Gasteiger partial charge in [0.15, 0.2) is 0 Å². The first-order valence-corrected chi connectivity index (χ1v) is 10.8. The largest absolute Gasteiger partial charge is 0.325 e. The molecule has 2 heterocycles. The topological polar surface area (TPSA) is 79.4 Å². The summed E-state index contributed by atoms with van der Waals surface area (Å²) in [5.74, 6) is -1.18. The number of fused-ring (bicyclic) bond motifs is 1. The molecule has 8 heteroatoms. The fraction of sp³-hybridized carbons (Fsp3) is 0.238. The standard InChI is InChI=1S/C21H20FN3O3S/c22-16-8-10-17(11-9-16)29(27,28)25-13-3-4-15(14-25)21(26)24-20-7-1-6-19-18(20)5-2-12-23-19/h1-2,5-12,15H,3-4,13-14H2,(H,24,26)/t15-/m0/s1. The van der Waals surface area contributed by atoms with E-state index >= 15 is 0 Å². The lowest BCUT2D eigenvalue weighted by Gasteiger charge is -2.31. The van der Waals surface area contributed by atoms with Crippen LogP contribution in [0.4, 0.5) is 10.1 Å². The Hall–Kier alpha value is -2.84. The molecule has 3 aromatic rings. The Labute approximate surface area is 168 Å². The van der Waals surface area contributed by atoms with Crippen molar-refractivity contribution < 1.29 is 17.6 Å². The number of hydrogen-bond acceptors (Lipinski definition) is 4. The van der Waals surface area contributed by atoms with Gasteiger partial charge in [-0.05, 0) is 61.4 Å². The minimum Gasteiger partial charge on any atom is -0.325 e. The van der Waals surface area contributed by atoms with Crippen LogP contribution in [0.2, 0.25) is 0 Å². The number of aromatic nitrogens is 1. The van der Waals surface area contributed by atoms with Gasteiger partial charge in [0.25, 0.3) is 0 Å². The number of pyridine rings is 1. The fourth-order valence-corrected chi connectivity index (χ4v) is 5.10. The van der Waals surface area contributed by atoms with Crippen LogP contribution in [0.25, 0.3) is 10.9 Å². The van der Waals surface area contributed by atoms with Crippen LogP contribution in [0.5, 0.6) is 0 Å². The molecule has 0 radical (unpaired) electrons. The Kier molecular flexibility index (Phi) is 5.29. The number of hydrogen-bond donors (Lipinski definition) is 1. The van der Waals surface area contributed by atoms with E-state index in [4.69, 9.17) is 0 Å². The summed E-state index contributed by atoms with van der Waals surface area (Å²) in [5.41, 5.74) is 1.42. The molecule has 0 spiro atoms. The number of amides is 1. The van der Waals surface area contributed by atoms with Crippen LogP contribution in [-0.2, 0) is 14.8 Å². The highest BCUT2D eigenvalue weighted by Crippen LogP contribution is 2.27. The number of benzene rings is 2. The van der Waals surface area contributed by atoms with Crippen molar-refractivity contribution in [2.45, 2.75) is 17.7 Å². The Balaban J connectivity index is 1.52. The van der Waals surface area contributed by atoms with Crippen molar-refractivity contribution in [1.82, 2.24) is 9.29 Å². The summed E-state index contributed by atoms with van der Waals surface area (Å²) in [6.07, 6.45) is 2.87. The second-order valence-electron chi connectivity index (χ2n) is 7.02. The van der Waals surface area contributed by atoms with E-state index in [9.17, 15) is 17.6 Å². The third-order valence-corrected chi connectivity index (χ3v) is 6.99. The number of carbonyl (C=O) groups is 1. The number of carbonyl (C=O) groups excluding carboxylic acids is 1. The summed E-state index contributed by atoms with van der Waals surface area (Å²) in [6.45, 7) is 0.427. The van der Waals surface area contributed by atoms with Gasteiger partial charge in [-0.1, -0.05) is 6.07 Å². The molecular formula is C21H20FN3O3S. The summed E-state index contributed by atoms with van der Waals surface area (Å²) < 4.78 is 40.2. The van der Waals surface area contributed by atoms with Gasteiger partial charge < -0.3 is 5.32 Å². The number of anilines is 1. The van der Waals surface area contributed by atoms with Crippen LogP contribution < -0.4 is 5.32 Å². The number of halogens is 1. The Morgan fingerprint density at radius 2 is 1.90 bits per heavy atom. The number of rotatable bonds is 4. The average Bonchev–Trinajstić information content (AvgIpc) is 2.74. The summed E-state index contributed by atoms with van der Waals surface area (Å²) in [5, 5.41) is 3.75. The van der Waals surface area contributed by atoms with Crippen molar-refractivity contribution in [3.63, 3.8) is 0 Å². The zero-order valence-electron chi connectivity index (χ0n) is 15.6. The number of nitrogens with one attached hydrogen (secondary N) is 1. The number of nitrogens with zero attached hydrogens (tertiary/aromatic N) is 2. The molecule has 29 heavy (non-hydrogen) atoms. The quantitative estimate of drug-likeness (QED) is 0.711. The highest BCUT2D eigenvalue weighted by molar-refractivity contribution is 7.89. The van der Waals surface area contributed by atoms with Crippen LogP contribution in [-0.4, -0.2) is 36.7 Å². The van der Waals surface area contributed by atoms with E-state index in [0.29, 0.717) is 25.1 Å². The molecule has 1 aliphatic heterocycles. The Morgan fingerprint density at radius 3 is 2.69 bits per heavy atom. The molecule has 0 saturated carbocycles. The molecule has 6 nitrogen and oxygen atoms in total. The Morgan fingerprint density at radius 1 is 1.10 bits per heavy atom. The highest BCUT2D eigenvalue weighted by atomic mass is 32.2. The van der Waals surface area contributed by atoms with Gasteiger partial charge in [0.1, 0.15) is 5.82 Å². The predicted octanol–water partition coefficient (Wildman–Crippen LogP) is 3.41. The zero-order valence-corrected chi connectivity index (χ0v) is 16.4. The third-order valence-electron chi connectivity index (χ3n) is 5.11. The molecule has 0 unspecified atom stereocenters. The molecule has 1 N–H and O–H groups in total. The molecule has 4 rings (SSSR count). The van der Waals surface area contributed by atoms with Crippen LogP contribution in [0.1, 0.15) is 12.8 Å². The van der Waals surface area contributed by atoms with Crippen LogP contribution in [0, 0.1) is 11.7 Å². The van der Waals surface area contributed by atoms with Crippen molar-refractivity contribution in [1.29, 1.82) is 0 Å². The summed E-state index contributed by atoms with van der Waals surface area (Å²) >= 11 is 0. The molecule has 2 aromatic carbocycles. The minimum atomic E-state index is -3.78.